The van der Waals surface area contributed by atoms with Crippen molar-refractivity contribution < 1.29 is 9.84 Å². The van der Waals surface area contributed by atoms with E-state index in [4.69, 9.17) is 4.74 Å². The van der Waals surface area contributed by atoms with Crippen LogP contribution in [-0.4, -0.2) is 29.9 Å². The highest BCUT2D eigenvalue weighted by atomic mass is 16.5. The molecule has 1 aliphatic rings. The molecule has 1 fully saturated rings. The molecule has 0 saturated heterocycles. The predicted octanol–water partition coefficient (Wildman–Crippen LogP) is 3.08. The van der Waals surface area contributed by atoms with Crippen molar-refractivity contribution in [1.29, 1.82) is 0 Å². The minimum atomic E-state index is -0.225. The Morgan fingerprint density at radius 2 is 2.15 bits per heavy atom. The number of hydrogen-bond donors (Lipinski definition) is 2. The second-order valence-electron chi connectivity index (χ2n) is 6.46. The molecule has 20 heavy (non-hydrogen) atoms. The largest absolute Gasteiger partial charge is 0.494 e. The summed E-state index contributed by atoms with van der Waals surface area (Å²) in [6.45, 7) is 7.21. The third-order valence-electron chi connectivity index (χ3n) is 3.93. The highest BCUT2D eigenvalue weighted by Crippen LogP contribution is 2.24. The van der Waals surface area contributed by atoms with E-state index >= 15 is 0 Å². The quantitative estimate of drug-likeness (QED) is 0.767. The summed E-state index contributed by atoms with van der Waals surface area (Å²) in [5.74, 6) is 1.43. The summed E-state index contributed by atoms with van der Waals surface area (Å²) in [7, 11) is 0. The van der Waals surface area contributed by atoms with Crippen LogP contribution in [0.3, 0.4) is 0 Å². The Morgan fingerprint density at radius 3 is 2.75 bits per heavy atom. The number of rotatable bonds is 8. The van der Waals surface area contributed by atoms with Gasteiger partial charge in [-0.2, -0.15) is 0 Å². The first-order valence-corrected chi connectivity index (χ1v) is 7.64. The number of ether oxygens (including phenoxy) is 1. The average molecular weight is 277 g/mol. The topological polar surface area (TPSA) is 41.5 Å². The predicted molar refractivity (Wildman–Crippen MR) is 82.3 cm³/mol. The van der Waals surface area contributed by atoms with Crippen molar-refractivity contribution in [3.8, 4) is 5.75 Å². The molecule has 0 amide bonds. The van der Waals surface area contributed by atoms with Crippen LogP contribution in [0.4, 0.5) is 0 Å². The maximum atomic E-state index is 9.56. The highest BCUT2D eigenvalue weighted by Gasteiger charge is 2.31. The fourth-order valence-electron chi connectivity index (χ4n) is 2.27. The summed E-state index contributed by atoms with van der Waals surface area (Å²) in [5.41, 5.74) is 1.07. The molecular formula is C17H27NO2. The fourth-order valence-corrected chi connectivity index (χ4v) is 2.27. The third-order valence-corrected chi connectivity index (χ3v) is 3.93. The van der Waals surface area contributed by atoms with Gasteiger partial charge in [0.05, 0.1) is 13.2 Å². The van der Waals surface area contributed by atoms with Crippen LogP contribution in [-0.2, 0) is 0 Å². The SMILES string of the molecule is CC(C)c1cccc(OCCC(C)(CO)NC2CC2)c1. The van der Waals surface area contributed by atoms with Crippen molar-refractivity contribution in [2.24, 2.45) is 0 Å². The smallest absolute Gasteiger partial charge is 0.119 e. The van der Waals surface area contributed by atoms with Crippen LogP contribution in [0.25, 0.3) is 0 Å². The Labute approximate surface area is 122 Å². The summed E-state index contributed by atoms with van der Waals surface area (Å²) in [4.78, 5) is 0. The summed E-state index contributed by atoms with van der Waals surface area (Å²) >= 11 is 0. The zero-order valence-corrected chi connectivity index (χ0v) is 12.9. The van der Waals surface area contributed by atoms with E-state index in [1.807, 2.05) is 12.1 Å². The molecule has 0 aromatic heterocycles. The molecule has 0 aliphatic heterocycles. The molecule has 3 heteroatoms. The molecule has 1 atom stereocenters. The van der Waals surface area contributed by atoms with E-state index in [1.165, 1.54) is 18.4 Å². The monoisotopic (exact) mass is 277 g/mol. The van der Waals surface area contributed by atoms with Crippen molar-refractivity contribution in [2.75, 3.05) is 13.2 Å². The molecule has 2 N–H and O–H groups in total. The Hall–Kier alpha value is -1.06. The summed E-state index contributed by atoms with van der Waals surface area (Å²) < 4.78 is 5.85. The zero-order valence-electron chi connectivity index (χ0n) is 12.9. The zero-order chi connectivity index (χ0) is 14.6. The average Bonchev–Trinajstić information content (AvgIpc) is 3.23. The molecule has 112 valence electrons. The Balaban J connectivity index is 1.83. The van der Waals surface area contributed by atoms with Gasteiger partial charge in [-0.05, 0) is 43.4 Å². The standard InChI is InChI=1S/C17H27NO2/c1-13(2)14-5-4-6-16(11-14)20-10-9-17(3,12-19)18-15-7-8-15/h4-6,11,13,15,18-19H,7-10,12H2,1-3H3. The van der Waals surface area contributed by atoms with Gasteiger partial charge in [-0.3, -0.25) is 0 Å². The van der Waals surface area contributed by atoms with Crippen LogP contribution in [0.15, 0.2) is 24.3 Å². The lowest BCUT2D eigenvalue weighted by Gasteiger charge is -2.29. The van der Waals surface area contributed by atoms with E-state index in [0.717, 1.165) is 12.2 Å². The number of aliphatic hydroxyl groups is 1. The summed E-state index contributed by atoms with van der Waals surface area (Å²) in [6.07, 6.45) is 3.27. The van der Waals surface area contributed by atoms with E-state index in [0.29, 0.717) is 18.6 Å². The van der Waals surface area contributed by atoms with E-state index in [2.05, 4.69) is 38.2 Å². The number of aliphatic hydroxyl groups excluding tert-OH is 1. The van der Waals surface area contributed by atoms with Crippen LogP contribution in [0.5, 0.6) is 5.75 Å². The van der Waals surface area contributed by atoms with Crippen molar-refractivity contribution in [3.63, 3.8) is 0 Å². The first-order chi connectivity index (χ1) is 9.52. The minimum Gasteiger partial charge on any atom is -0.494 e. The molecule has 0 spiro atoms. The maximum Gasteiger partial charge on any atom is 0.119 e. The van der Waals surface area contributed by atoms with Gasteiger partial charge in [0.2, 0.25) is 0 Å². The fraction of sp³-hybridized carbons (Fsp3) is 0.647. The van der Waals surface area contributed by atoms with Crippen LogP contribution in [0.1, 0.15) is 51.5 Å². The van der Waals surface area contributed by atoms with Gasteiger partial charge in [0, 0.05) is 18.0 Å². The molecule has 1 saturated carbocycles. The molecule has 1 aliphatic carbocycles. The van der Waals surface area contributed by atoms with Crippen molar-refractivity contribution >= 4 is 0 Å². The normalized spacial score (nSPS) is 18.1. The first-order valence-electron chi connectivity index (χ1n) is 7.64. The van der Waals surface area contributed by atoms with Gasteiger partial charge in [0.25, 0.3) is 0 Å². The Kier molecular flexibility index (Phi) is 5.06. The van der Waals surface area contributed by atoms with E-state index in [9.17, 15) is 5.11 Å². The van der Waals surface area contributed by atoms with Gasteiger partial charge in [-0.25, -0.2) is 0 Å². The van der Waals surface area contributed by atoms with Gasteiger partial charge in [0.15, 0.2) is 0 Å². The van der Waals surface area contributed by atoms with Gasteiger partial charge in [0.1, 0.15) is 5.75 Å². The summed E-state index contributed by atoms with van der Waals surface area (Å²) in [5, 5.41) is 13.1. The second-order valence-corrected chi connectivity index (χ2v) is 6.46. The van der Waals surface area contributed by atoms with Crippen LogP contribution in [0.2, 0.25) is 0 Å². The maximum absolute atomic E-state index is 9.56. The molecule has 0 radical (unpaired) electrons. The Morgan fingerprint density at radius 1 is 1.40 bits per heavy atom. The molecule has 1 aromatic rings. The molecule has 2 rings (SSSR count). The third kappa shape index (κ3) is 4.50. The molecule has 0 bridgehead atoms. The molecular weight excluding hydrogens is 250 g/mol. The molecule has 1 aromatic carbocycles. The molecule has 3 nitrogen and oxygen atoms in total. The van der Waals surface area contributed by atoms with E-state index in [1.54, 1.807) is 0 Å². The Bertz CT molecular complexity index is 429. The number of nitrogens with one attached hydrogen (secondary N) is 1. The van der Waals surface area contributed by atoms with E-state index in [-0.39, 0.29) is 12.1 Å². The minimum absolute atomic E-state index is 0.152. The lowest BCUT2D eigenvalue weighted by molar-refractivity contribution is 0.142. The lowest BCUT2D eigenvalue weighted by atomic mass is 9.99. The van der Waals surface area contributed by atoms with Gasteiger partial charge in [-0.15, -0.1) is 0 Å². The molecule has 0 heterocycles. The van der Waals surface area contributed by atoms with Crippen LogP contribution >= 0.6 is 0 Å². The number of benzene rings is 1. The van der Waals surface area contributed by atoms with E-state index < -0.39 is 0 Å². The first kappa shape index (κ1) is 15.3. The lowest BCUT2D eigenvalue weighted by Crippen LogP contribution is -2.48. The highest BCUT2D eigenvalue weighted by molar-refractivity contribution is 5.30. The van der Waals surface area contributed by atoms with Crippen molar-refractivity contribution in [3.05, 3.63) is 29.8 Å². The van der Waals surface area contributed by atoms with Gasteiger partial charge < -0.3 is 15.2 Å². The number of hydrogen-bond acceptors (Lipinski definition) is 3. The van der Waals surface area contributed by atoms with Gasteiger partial charge in [-0.1, -0.05) is 26.0 Å². The summed E-state index contributed by atoms with van der Waals surface area (Å²) in [6, 6.07) is 8.87. The molecule has 1 unspecified atom stereocenters. The van der Waals surface area contributed by atoms with Crippen LogP contribution < -0.4 is 10.1 Å². The van der Waals surface area contributed by atoms with Crippen LogP contribution in [0, 0.1) is 0 Å². The van der Waals surface area contributed by atoms with Crippen molar-refractivity contribution in [1.82, 2.24) is 5.32 Å². The van der Waals surface area contributed by atoms with Crippen molar-refractivity contribution in [2.45, 2.75) is 57.5 Å². The van der Waals surface area contributed by atoms with Gasteiger partial charge >= 0.3 is 0 Å². The second kappa shape index (κ2) is 6.59.